The van der Waals surface area contributed by atoms with Crippen molar-refractivity contribution < 1.29 is 14.4 Å². The summed E-state index contributed by atoms with van der Waals surface area (Å²) in [4.78, 5) is 39.8. The molecule has 2 aliphatic rings. The summed E-state index contributed by atoms with van der Waals surface area (Å²) < 4.78 is 0. The molecule has 0 bridgehead atoms. The molecule has 3 heterocycles. The average Bonchev–Trinajstić information content (AvgIpc) is 2.98. The van der Waals surface area contributed by atoms with E-state index < -0.39 is 11.6 Å². The molecule has 1 aromatic rings. The Morgan fingerprint density at radius 3 is 2.43 bits per heavy atom. The first-order valence-corrected chi connectivity index (χ1v) is 8.63. The predicted octanol–water partition coefficient (Wildman–Crippen LogP) is 1.82. The van der Waals surface area contributed by atoms with Crippen LogP contribution in [-0.4, -0.2) is 41.4 Å². The number of urea groups is 1. The lowest BCUT2D eigenvalue weighted by Crippen LogP contribution is -2.54. The van der Waals surface area contributed by atoms with Crippen LogP contribution in [-0.2, 0) is 4.79 Å². The molecule has 0 aromatic carbocycles. The molecule has 2 saturated heterocycles. The Kier molecular flexibility index (Phi) is 3.91. The van der Waals surface area contributed by atoms with E-state index in [1.807, 2.05) is 24.8 Å². The second-order valence-corrected chi connectivity index (χ2v) is 7.78. The lowest BCUT2D eigenvalue weighted by Gasteiger charge is -2.38. The molecule has 1 atom stereocenters. The zero-order valence-corrected chi connectivity index (χ0v) is 14.4. The smallest absolute Gasteiger partial charge is 0.322 e. The standard InChI is InChI=1S/C16H21N3O3S/c1-9-8-12(23-10(9)2)13(20)19-6-4-11(5-7-19)16(3)14(21)17-15(22)18-16/h8,11H,4-7H2,1-3H3,(H2,17,18,21,22)/t16-/m0/s1. The van der Waals surface area contributed by atoms with Crippen LogP contribution in [0.1, 0.15) is 39.9 Å². The molecule has 0 unspecified atom stereocenters. The van der Waals surface area contributed by atoms with Crippen LogP contribution in [0.4, 0.5) is 4.79 Å². The fourth-order valence-corrected chi connectivity index (χ4v) is 4.34. The van der Waals surface area contributed by atoms with Gasteiger partial charge in [0.15, 0.2) is 0 Å². The van der Waals surface area contributed by atoms with Crippen molar-refractivity contribution in [1.29, 1.82) is 0 Å². The molecule has 6 nitrogen and oxygen atoms in total. The zero-order valence-electron chi connectivity index (χ0n) is 13.6. The highest BCUT2D eigenvalue weighted by molar-refractivity contribution is 7.14. The second kappa shape index (κ2) is 5.63. The number of hydrogen-bond acceptors (Lipinski definition) is 4. The van der Waals surface area contributed by atoms with E-state index in [1.165, 1.54) is 16.2 Å². The van der Waals surface area contributed by atoms with Crippen molar-refractivity contribution >= 4 is 29.2 Å². The summed E-state index contributed by atoms with van der Waals surface area (Å²) in [5.41, 5.74) is 0.286. The molecule has 124 valence electrons. The van der Waals surface area contributed by atoms with Crippen LogP contribution < -0.4 is 10.6 Å². The van der Waals surface area contributed by atoms with Gasteiger partial charge in [0.05, 0.1) is 4.88 Å². The monoisotopic (exact) mass is 335 g/mol. The van der Waals surface area contributed by atoms with E-state index >= 15 is 0 Å². The number of hydrogen-bond donors (Lipinski definition) is 2. The van der Waals surface area contributed by atoms with E-state index in [2.05, 4.69) is 10.6 Å². The minimum atomic E-state index is -0.859. The van der Waals surface area contributed by atoms with E-state index in [9.17, 15) is 14.4 Å². The lowest BCUT2D eigenvalue weighted by molar-refractivity contribution is -0.125. The quantitative estimate of drug-likeness (QED) is 0.809. The minimum Gasteiger partial charge on any atom is -0.338 e. The van der Waals surface area contributed by atoms with Gasteiger partial charge in [-0.05, 0) is 51.2 Å². The van der Waals surface area contributed by atoms with E-state index in [4.69, 9.17) is 0 Å². The summed E-state index contributed by atoms with van der Waals surface area (Å²) >= 11 is 1.53. The Morgan fingerprint density at radius 2 is 1.96 bits per heavy atom. The van der Waals surface area contributed by atoms with Crippen molar-refractivity contribution in [3.05, 3.63) is 21.4 Å². The average molecular weight is 335 g/mol. The van der Waals surface area contributed by atoms with E-state index in [1.54, 1.807) is 6.92 Å². The maximum absolute atomic E-state index is 12.6. The topological polar surface area (TPSA) is 78.5 Å². The summed E-state index contributed by atoms with van der Waals surface area (Å²) in [7, 11) is 0. The van der Waals surface area contributed by atoms with Crippen molar-refractivity contribution in [2.45, 2.75) is 39.2 Å². The highest BCUT2D eigenvalue weighted by atomic mass is 32.1. The number of thiophene rings is 1. The summed E-state index contributed by atoms with van der Waals surface area (Å²) in [5.74, 6) is -0.156. The molecular formula is C16H21N3O3S. The van der Waals surface area contributed by atoms with Crippen LogP contribution in [0.25, 0.3) is 0 Å². The van der Waals surface area contributed by atoms with Crippen LogP contribution in [0.3, 0.4) is 0 Å². The zero-order chi connectivity index (χ0) is 16.8. The lowest BCUT2D eigenvalue weighted by atomic mass is 9.79. The number of nitrogens with one attached hydrogen (secondary N) is 2. The van der Waals surface area contributed by atoms with Gasteiger partial charge < -0.3 is 10.2 Å². The van der Waals surface area contributed by atoms with Gasteiger partial charge in [-0.3, -0.25) is 14.9 Å². The van der Waals surface area contributed by atoms with Crippen LogP contribution in [0.15, 0.2) is 6.07 Å². The summed E-state index contributed by atoms with van der Waals surface area (Å²) in [5, 5.41) is 5.04. The van der Waals surface area contributed by atoms with Crippen molar-refractivity contribution in [3.63, 3.8) is 0 Å². The van der Waals surface area contributed by atoms with Gasteiger partial charge in [-0.2, -0.15) is 0 Å². The molecule has 2 N–H and O–H groups in total. The molecule has 0 aliphatic carbocycles. The number of nitrogens with zero attached hydrogens (tertiary/aromatic N) is 1. The maximum Gasteiger partial charge on any atom is 0.322 e. The molecular weight excluding hydrogens is 314 g/mol. The Hall–Kier alpha value is -1.89. The first-order valence-electron chi connectivity index (χ1n) is 7.81. The van der Waals surface area contributed by atoms with Crippen molar-refractivity contribution in [2.24, 2.45) is 5.92 Å². The largest absolute Gasteiger partial charge is 0.338 e. The maximum atomic E-state index is 12.6. The second-order valence-electron chi connectivity index (χ2n) is 6.53. The molecule has 2 fully saturated rings. The van der Waals surface area contributed by atoms with Gasteiger partial charge in [0.2, 0.25) is 0 Å². The van der Waals surface area contributed by atoms with Crippen molar-refractivity contribution in [1.82, 2.24) is 15.5 Å². The van der Waals surface area contributed by atoms with E-state index in [0.717, 1.165) is 10.4 Å². The third kappa shape index (κ3) is 2.73. The highest BCUT2D eigenvalue weighted by Crippen LogP contribution is 2.32. The van der Waals surface area contributed by atoms with Gasteiger partial charge in [0.1, 0.15) is 5.54 Å². The summed E-state index contributed by atoms with van der Waals surface area (Å²) in [6, 6.07) is 1.51. The van der Waals surface area contributed by atoms with Gasteiger partial charge in [0, 0.05) is 18.0 Å². The Morgan fingerprint density at radius 1 is 1.30 bits per heavy atom. The third-order valence-corrected chi connectivity index (χ3v) is 6.19. The van der Waals surface area contributed by atoms with Crippen molar-refractivity contribution in [3.8, 4) is 0 Å². The fourth-order valence-electron chi connectivity index (χ4n) is 3.34. The number of imide groups is 1. The van der Waals surface area contributed by atoms with Gasteiger partial charge in [-0.25, -0.2) is 4.79 Å². The molecule has 2 aliphatic heterocycles. The number of piperidine rings is 1. The number of amides is 4. The van der Waals surface area contributed by atoms with Crippen molar-refractivity contribution in [2.75, 3.05) is 13.1 Å². The van der Waals surface area contributed by atoms with Crippen LogP contribution in [0.5, 0.6) is 0 Å². The normalized spacial score (nSPS) is 25.4. The molecule has 0 radical (unpaired) electrons. The number of carbonyl (C=O) groups is 3. The van der Waals surface area contributed by atoms with Gasteiger partial charge >= 0.3 is 6.03 Å². The first kappa shape index (κ1) is 16.0. The number of rotatable bonds is 2. The number of carbonyl (C=O) groups excluding carboxylic acids is 3. The Labute approximate surface area is 139 Å². The number of aryl methyl sites for hydroxylation is 2. The molecule has 3 rings (SSSR count). The summed E-state index contributed by atoms with van der Waals surface area (Å²) in [6.45, 7) is 7.01. The third-order valence-electron chi connectivity index (χ3n) is 5.05. The number of likely N-dealkylation sites (tertiary alicyclic amines) is 1. The predicted molar refractivity (Wildman–Crippen MR) is 87.5 cm³/mol. The highest BCUT2D eigenvalue weighted by Gasteiger charge is 2.48. The van der Waals surface area contributed by atoms with E-state index in [0.29, 0.717) is 25.9 Å². The summed E-state index contributed by atoms with van der Waals surface area (Å²) in [6.07, 6.45) is 1.42. The molecule has 23 heavy (non-hydrogen) atoms. The minimum absolute atomic E-state index is 0.0461. The van der Waals surface area contributed by atoms with Gasteiger partial charge in [-0.15, -0.1) is 11.3 Å². The first-order chi connectivity index (χ1) is 10.8. The Balaban J connectivity index is 1.65. The van der Waals surface area contributed by atoms with E-state index in [-0.39, 0.29) is 17.7 Å². The molecule has 7 heteroatoms. The molecule has 0 saturated carbocycles. The molecule has 1 aromatic heterocycles. The van der Waals surface area contributed by atoms with Crippen LogP contribution in [0.2, 0.25) is 0 Å². The molecule has 4 amide bonds. The Bertz CT molecular complexity index is 657. The van der Waals surface area contributed by atoms with Crippen LogP contribution >= 0.6 is 11.3 Å². The van der Waals surface area contributed by atoms with Gasteiger partial charge in [-0.1, -0.05) is 0 Å². The fraction of sp³-hybridized carbons (Fsp3) is 0.562. The van der Waals surface area contributed by atoms with Gasteiger partial charge in [0.25, 0.3) is 11.8 Å². The van der Waals surface area contributed by atoms with Crippen LogP contribution in [0, 0.1) is 19.8 Å². The SMILES string of the molecule is Cc1cc(C(=O)N2CCC([C@]3(C)NC(=O)NC3=O)CC2)sc1C. The molecule has 0 spiro atoms.